The third-order valence-electron chi connectivity index (χ3n) is 5.05. The minimum atomic E-state index is -0.589. The van der Waals surface area contributed by atoms with Crippen molar-refractivity contribution in [3.05, 3.63) is 107 Å². The zero-order chi connectivity index (χ0) is 23.0. The topological polar surface area (TPSA) is 111 Å². The van der Waals surface area contributed by atoms with Gasteiger partial charge in [0.25, 0.3) is 5.91 Å². The molecule has 0 saturated heterocycles. The summed E-state index contributed by atoms with van der Waals surface area (Å²) >= 11 is 1.26. The largest absolute Gasteiger partial charge is 0.508 e. The Labute approximate surface area is 195 Å². The van der Waals surface area contributed by atoms with E-state index in [4.69, 9.17) is 5.41 Å². The maximum Gasteiger partial charge on any atom is 0.263 e. The Morgan fingerprint density at radius 2 is 1.82 bits per heavy atom. The highest BCUT2D eigenvalue weighted by Gasteiger charge is 2.22. The van der Waals surface area contributed by atoms with Crippen molar-refractivity contribution in [2.75, 3.05) is 5.32 Å². The summed E-state index contributed by atoms with van der Waals surface area (Å²) in [4.78, 5) is 21.8. The third-order valence-corrected chi connectivity index (χ3v) is 6.01. The molecular formula is C25H23N5O2S. The monoisotopic (exact) mass is 457 g/mol. The number of thiazole rings is 1. The summed E-state index contributed by atoms with van der Waals surface area (Å²) in [5, 5.41) is 25.7. The molecule has 0 saturated carbocycles. The van der Waals surface area contributed by atoms with Gasteiger partial charge in [0.05, 0.1) is 12.2 Å². The molecule has 2 aromatic carbocycles. The van der Waals surface area contributed by atoms with Crippen molar-refractivity contribution in [3.8, 4) is 5.75 Å². The molecule has 0 radical (unpaired) electrons. The van der Waals surface area contributed by atoms with E-state index in [1.807, 2.05) is 30.3 Å². The van der Waals surface area contributed by atoms with Crippen molar-refractivity contribution in [1.29, 1.82) is 5.41 Å². The van der Waals surface area contributed by atoms with E-state index < -0.39 is 6.04 Å². The van der Waals surface area contributed by atoms with Crippen LogP contribution in [-0.4, -0.2) is 26.7 Å². The van der Waals surface area contributed by atoms with Crippen LogP contribution in [0.2, 0.25) is 0 Å². The number of pyridine rings is 1. The third kappa shape index (κ3) is 5.81. The lowest BCUT2D eigenvalue weighted by molar-refractivity contribution is 0.0941. The lowest BCUT2D eigenvalue weighted by Crippen LogP contribution is -2.29. The van der Waals surface area contributed by atoms with Gasteiger partial charge in [-0.05, 0) is 17.7 Å². The number of nitrogens with one attached hydrogen (secondary N) is 3. The van der Waals surface area contributed by atoms with Crippen LogP contribution in [0.3, 0.4) is 0 Å². The van der Waals surface area contributed by atoms with E-state index in [1.54, 1.807) is 48.8 Å². The molecule has 0 fully saturated rings. The number of amides is 1. The van der Waals surface area contributed by atoms with Crippen LogP contribution in [0.1, 0.15) is 38.8 Å². The van der Waals surface area contributed by atoms with E-state index in [9.17, 15) is 9.90 Å². The lowest BCUT2D eigenvalue weighted by atomic mass is 9.97. The number of aromatic nitrogens is 2. The van der Waals surface area contributed by atoms with E-state index in [0.29, 0.717) is 33.4 Å². The molecule has 0 aliphatic rings. The van der Waals surface area contributed by atoms with E-state index in [0.717, 1.165) is 5.56 Å². The standard InChI is InChI=1S/C25H23N5O2S/c26-20(18-9-6-12-27-15-18)13-21(19-10-4-5-11-22(19)31)30-24(32)23-16-29-25(33-23)28-14-17-7-2-1-3-8-17/h1-12,15-16,21,26,31H,13-14H2,(H,28,29)(H,30,32). The van der Waals surface area contributed by atoms with Gasteiger partial charge in [0.15, 0.2) is 5.13 Å². The van der Waals surface area contributed by atoms with Gasteiger partial charge in [0.2, 0.25) is 0 Å². The molecule has 1 atom stereocenters. The molecular weight excluding hydrogens is 434 g/mol. The summed E-state index contributed by atoms with van der Waals surface area (Å²) in [7, 11) is 0. The van der Waals surface area contributed by atoms with Gasteiger partial charge in [0, 0.05) is 42.2 Å². The molecule has 33 heavy (non-hydrogen) atoms. The van der Waals surface area contributed by atoms with Gasteiger partial charge in [-0.1, -0.05) is 65.9 Å². The van der Waals surface area contributed by atoms with Crippen LogP contribution < -0.4 is 10.6 Å². The molecule has 7 nitrogen and oxygen atoms in total. The fourth-order valence-corrected chi connectivity index (χ4v) is 4.06. The first-order valence-corrected chi connectivity index (χ1v) is 11.2. The molecule has 4 aromatic rings. The Morgan fingerprint density at radius 1 is 1.03 bits per heavy atom. The molecule has 2 heterocycles. The number of carbonyl (C=O) groups excluding carboxylic acids is 1. The second-order valence-corrected chi connectivity index (χ2v) is 8.41. The van der Waals surface area contributed by atoms with Crippen LogP contribution in [0.25, 0.3) is 0 Å². The molecule has 0 aliphatic carbocycles. The predicted octanol–water partition coefficient (Wildman–Crippen LogP) is 4.79. The molecule has 2 aromatic heterocycles. The van der Waals surface area contributed by atoms with Crippen LogP contribution in [-0.2, 0) is 6.54 Å². The molecule has 4 N–H and O–H groups in total. The van der Waals surface area contributed by atoms with Gasteiger partial charge >= 0.3 is 0 Å². The van der Waals surface area contributed by atoms with Crippen molar-refractivity contribution < 1.29 is 9.90 Å². The van der Waals surface area contributed by atoms with Gasteiger partial charge in [-0.25, -0.2) is 4.98 Å². The zero-order valence-corrected chi connectivity index (χ0v) is 18.5. The Kier molecular flexibility index (Phi) is 7.06. The Balaban J connectivity index is 1.47. The molecule has 8 heteroatoms. The van der Waals surface area contributed by atoms with E-state index in [2.05, 4.69) is 20.6 Å². The van der Waals surface area contributed by atoms with Crippen LogP contribution in [0.5, 0.6) is 5.75 Å². The van der Waals surface area contributed by atoms with E-state index in [1.165, 1.54) is 17.5 Å². The average molecular weight is 458 g/mol. The number of rotatable bonds is 9. The average Bonchev–Trinajstić information content (AvgIpc) is 3.33. The van der Waals surface area contributed by atoms with Gasteiger partial charge in [-0.2, -0.15) is 0 Å². The summed E-state index contributed by atoms with van der Waals surface area (Å²) < 4.78 is 0. The van der Waals surface area contributed by atoms with Gasteiger partial charge in [-0.3, -0.25) is 9.78 Å². The van der Waals surface area contributed by atoms with Crippen molar-refractivity contribution in [2.45, 2.75) is 19.0 Å². The summed E-state index contributed by atoms with van der Waals surface area (Å²) in [6.07, 6.45) is 4.99. The summed E-state index contributed by atoms with van der Waals surface area (Å²) in [6.45, 7) is 0.609. The number of anilines is 1. The predicted molar refractivity (Wildman–Crippen MR) is 130 cm³/mol. The number of hydrogen-bond acceptors (Lipinski definition) is 7. The van der Waals surface area contributed by atoms with Gasteiger partial charge < -0.3 is 21.1 Å². The highest BCUT2D eigenvalue weighted by Crippen LogP contribution is 2.28. The van der Waals surface area contributed by atoms with Crippen molar-refractivity contribution >= 4 is 28.1 Å². The van der Waals surface area contributed by atoms with Gasteiger partial charge in [-0.15, -0.1) is 0 Å². The molecule has 166 valence electrons. The highest BCUT2D eigenvalue weighted by molar-refractivity contribution is 7.17. The highest BCUT2D eigenvalue weighted by atomic mass is 32.1. The second-order valence-electron chi connectivity index (χ2n) is 7.38. The number of aromatic hydroxyl groups is 1. The maximum atomic E-state index is 13.0. The van der Waals surface area contributed by atoms with E-state index in [-0.39, 0.29) is 18.1 Å². The molecule has 0 bridgehead atoms. The van der Waals surface area contributed by atoms with Crippen LogP contribution in [0.4, 0.5) is 5.13 Å². The molecule has 0 spiro atoms. The summed E-state index contributed by atoms with van der Waals surface area (Å²) in [5.74, 6) is -0.246. The Bertz CT molecular complexity index is 1230. The zero-order valence-electron chi connectivity index (χ0n) is 17.7. The molecule has 4 rings (SSSR count). The Hall–Kier alpha value is -4.04. The number of phenols is 1. The molecule has 1 amide bonds. The van der Waals surface area contributed by atoms with Crippen molar-refractivity contribution in [2.24, 2.45) is 0 Å². The normalized spacial score (nSPS) is 11.5. The maximum absolute atomic E-state index is 13.0. The number of para-hydroxylation sites is 1. The fourth-order valence-electron chi connectivity index (χ4n) is 3.35. The number of hydrogen-bond donors (Lipinski definition) is 4. The van der Waals surface area contributed by atoms with Crippen molar-refractivity contribution in [3.63, 3.8) is 0 Å². The SMILES string of the molecule is N=C(CC(NC(=O)c1cnc(NCc2ccccc2)s1)c1ccccc1O)c1cccnc1. The van der Waals surface area contributed by atoms with Crippen molar-refractivity contribution in [1.82, 2.24) is 15.3 Å². The molecule has 0 aliphatic heterocycles. The summed E-state index contributed by atoms with van der Waals surface area (Å²) in [6, 6.07) is 19.7. The quantitative estimate of drug-likeness (QED) is 0.270. The first-order chi connectivity index (χ1) is 16.1. The Morgan fingerprint density at radius 3 is 2.58 bits per heavy atom. The first kappa shape index (κ1) is 22.2. The summed E-state index contributed by atoms with van der Waals surface area (Å²) in [5.41, 5.74) is 2.64. The lowest BCUT2D eigenvalue weighted by Gasteiger charge is -2.20. The fraction of sp³-hybridized carbons (Fsp3) is 0.120. The van der Waals surface area contributed by atoms with Crippen LogP contribution in [0, 0.1) is 5.41 Å². The van der Waals surface area contributed by atoms with Crippen LogP contribution in [0.15, 0.2) is 85.3 Å². The minimum absolute atomic E-state index is 0.0660. The van der Waals surface area contributed by atoms with Crippen LogP contribution >= 0.6 is 11.3 Å². The number of carbonyl (C=O) groups is 1. The minimum Gasteiger partial charge on any atom is -0.508 e. The number of nitrogens with zero attached hydrogens (tertiary/aromatic N) is 2. The van der Waals surface area contributed by atoms with Gasteiger partial charge in [0.1, 0.15) is 10.6 Å². The smallest absolute Gasteiger partial charge is 0.263 e. The first-order valence-electron chi connectivity index (χ1n) is 10.4. The second kappa shape index (κ2) is 10.5. The molecule has 1 unspecified atom stereocenters. The van der Waals surface area contributed by atoms with E-state index >= 15 is 0 Å². The number of benzene rings is 2. The number of phenolic OH excluding ortho intramolecular Hbond substituents is 1.